The van der Waals surface area contributed by atoms with E-state index in [0.717, 1.165) is 38.3 Å². The van der Waals surface area contributed by atoms with Gasteiger partial charge in [0.2, 0.25) is 0 Å². The van der Waals surface area contributed by atoms with Crippen molar-refractivity contribution in [2.24, 2.45) is 0 Å². The van der Waals surface area contributed by atoms with Gasteiger partial charge in [0.15, 0.2) is 0 Å². The zero-order chi connectivity index (χ0) is 9.07. The lowest BCUT2D eigenvalue weighted by atomic mass is 10.2. The Morgan fingerprint density at radius 3 is 1.92 bits per heavy atom. The number of unbranched alkanes of at least 4 members (excludes halogenated alkanes) is 4. The highest BCUT2D eigenvalue weighted by atomic mass is 16.1. The average Bonchev–Trinajstić information content (AvgIpc) is 2.10. The van der Waals surface area contributed by atoms with Crippen LogP contribution in [0.25, 0.3) is 0 Å². The molecule has 0 aliphatic carbocycles. The average molecular weight is 168 g/mol. The fourth-order valence-electron chi connectivity index (χ4n) is 0.890. The first-order valence-electron chi connectivity index (χ1n) is 4.44. The third-order valence-electron chi connectivity index (χ3n) is 1.56. The van der Waals surface area contributed by atoms with Gasteiger partial charge in [-0.2, -0.15) is 0 Å². The summed E-state index contributed by atoms with van der Waals surface area (Å²) < 4.78 is 0. The van der Waals surface area contributed by atoms with E-state index in [-0.39, 0.29) is 0 Å². The van der Waals surface area contributed by atoms with Crippen LogP contribution in [0.4, 0.5) is 0 Å². The lowest BCUT2D eigenvalue weighted by molar-refractivity contribution is -0.108. The van der Waals surface area contributed by atoms with Gasteiger partial charge in [-0.15, -0.1) is 0 Å². The Balaban J connectivity index is 3.01. The summed E-state index contributed by atoms with van der Waals surface area (Å²) in [5.74, 6) is 0. The Bertz CT molecular complexity index is 139. The molecule has 0 heterocycles. The van der Waals surface area contributed by atoms with E-state index in [1.807, 2.05) is 6.08 Å². The van der Waals surface area contributed by atoms with Crippen LogP contribution in [0.15, 0.2) is 12.2 Å². The fourth-order valence-corrected chi connectivity index (χ4v) is 0.890. The molecule has 0 radical (unpaired) electrons. The van der Waals surface area contributed by atoms with Crippen molar-refractivity contribution in [1.82, 2.24) is 0 Å². The van der Waals surface area contributed by atoms with Crippen LogP contribution in [0.3, 0.4) is 0 Å². The van der Waals surface area contributed by atoms with E-state index >= 15 is 0 Å². The molecule has 0 N–H and O–H groups in total. The summed E-state index contributed by atoms with van der Waals surface area (Å²) in [6, 6.07) is 0. The topological polar surface area (TPSA) is 34.1 Å². The summed E-state index contributed by atoms with van der Waals surface area (Å²) in [6.45, 7) is 0. The molecule has 0 saturated heterocycles. The van der Waals surface area contributed by atoms with Crippen molar-refractivity contribution in [3.8, 4) is 0 Å². The van der Waals surface area contributed by atoms with Gasteiger partial charge in [0, 0.05) is 12.8 Å². The lowest BCUT2D eigenvalue weighted by Gasteiger charge is -1.90. The molecule has 0 aromatic rings. The molecule has 0 aliphatic rings. The maximum atomic E-state index is 9.92. The van der Waals surface area contributed by atoms with E-state index in [9.17, 15) is 9.59 Å². The summed E-state index contributed by atoms with van der Waals surface area (Å²) in [4.78, 5) is 19.8. The predicted octanol–water partition coefficient (Wildman–Crippen LogP) is 2.28. The Morgan fingerprint density at radius 2 is 1.25 bits per heavy atom. The monoisotopic (exact) mass is 168 g/mol. The molecule has 0 rings (SSSR count). The second-order valence-corrected chi connectivity index (χ2v) is 2.67. The van der Waals surface area contributed by atoms with Crippen molar-refractivity contribution in [2.45, 2.75) is 38.5 Å². The van der Waals surface area contributed by atoms with Crippen LogP contribution in [0.5, 0.6) is 0 Å². The summed E-state index contributed by atoms with van der Waals surface area (Å²) in [7, 11) is 0. The van der Waals surface area contributed by atoms with Crippen molar-refractivity contribution in [3.05, 3.63) is 12.2 Å². The minimum Gasteiger partial charge on any atom is -0.303 e. The van der Waals surface area contributed by atoms with Crippen LogP contribution in [0.1, 0.15) is 38.5 Å². The largest absolute Gasteiger partial charge is 0.303 e. The smallest absolute Gasteiger partial charge is 0.120 e. The molecule has 0 spiro atoms. The van der Waals surface area contributed by atoms with Gasteiger partial charge in [0.1, 0.15) is 12.6 Å². The van der Waals surface area contributed by atoms with E-state index in [0.29, 0.717) is 12.8 Å². The summed E-state index contributed by atoms with van der Waals surface area (Å²) in [5.41, 5.74) is 0. The SMILES string of the molecule is O=CCCC=CCCCCC=O. The molecule has 2 nitrogen and oxygen atoms in total. The van der Waals surface area contributed by atoms with Crippen LogP contribution in [0, 0.1) is 0 Å². The highest BCUT2D eigenvalue weighted by molar-refractivity contribution is 5.49. The number of carbonyl (C=O) groups is 2. The molecular weight excluding hydrogens is 152 g/mol. The lowest BCUT2D eigenvalue weighted by Crippen LogP contribution is -1.76. The molecule has 0 aliphatic heterocycles. The van der Waals surface area contributed by atoms with Gasteiger partial charge in [-0.1, -0.05) is 12.2 Å². The molecule has 0 amide bonds. The molecule has 0 aromatic heterocycles. The summed E-state index contributed by atoms with van der Waals surface area (Å²) in [5, 5.41) is 0. The first-order chi connectivity index (χ1) is 5.91. The second-order valence-electron chi connectivity index (χ2n) is 2.67. The first-order valence-corrected chi connectivity index (χ1v) is 4.44. The number of hydrogen-bond acceptors (Lipinski definition) is 2. The third-order valence-corrected chi connectivity index (χ3v) is 1.56. The number of hydrogen-bond donors (Lipinski definition) is 0. The van der Waals surface area contributed by atoms with Crippen molar-refractivity contribution < 1.29 is 9.59 Å². The van der Waals surface area contributed by atoms with Crippen LogP contribution >= 0.6 is 0 Å². The number of carbonyl (C=O) groups excluding carboxylic acids is 2. The molecule has 0 saturated carbocycles. The van der Waals surface area contributed by atoms with Gasteiger partial charge >= 0.3 is 0 Å². The number of allylic oxidation sites excluding steroid dienone is 2. The zero-order valence-electron chi connectivity index (χ0n) is 7.37. The summed E-state index contributed by atoms with van der Waals surface area (Å²) in [6.07, 6.45) is 11.2. The van der Waals surface area contributed by atoms with Crippen molar-refractivity contribution in [2.75, 3.05) is 0 Å². The van der Waals surface area contributed by atoms with Crippen molar-refractivity contribution >= 4 is 12.6 Å². The van der Waals surface area contributed by atoms with Gasteiger partial charge in [0.05, 0.1) is 0 Å². The van der Waals surface area contributed by atoms with Gasteiger partial charge in [-0.3, -0.25) is 0 Å². The quantitative estimate of drug-likeness (QED) is 0.316. The van der Waals surface area contributed by atoms with Crippen LogP contribution < -0.4 is 0 Å². The Labute approximate surface area is 73.7 Å². The molecule has 0 atom stereocenters. The van der Waals surface area contributed by atoms with E-state index in [2.05, 4.69) is 6.08 Å². The van der Waals surface area contributed by atoms with Crippen LogP contribution in [-0.4, -0.2) is 12.6 Å². The molecule has 0 bridgehead atoms. The van der Waals surface area contributed by atoms with Gasteiger partial charge in [-0.25, -0.2) is 0 Å². The number of aldehydes is 2. The van der Waals surface area contributed by atoms with Gasteiger partial charge in [0.25, 0.3) is 0 Å². The maximum Gasteiger partial charge on any atom is 0.120 e. The van der Waals surface area contributed by atoms with E-state index in [1.54, 1.807) is 0 Å². The predicted molar refractivity (Wildman–Crippen MR) is 49.0 cm³/mol. The second kappa shape index (κ2) is 10.1. The van der Waals surface area contributed by atoms with Gasteiger partial charge in [-0.05, 0) is 25.7 Å². The normalized spacial score (nSPS) is 10.3. The minimum absolute atomic E-state index is 0.616. The molecule has 68 valence electrons. The Morgan fingerprint density at radius 1 is 0.667 bits per heavy atom. The molecule has 2 heteroatoms. The molecular formula is C10H16O2. The van der Waals surface area contributed by atoms with Gasteiger partial charge < -0.3 is 9.59 Å². The van der Waals surface area contributed by atoms with Crippen molar-refractivity contribution in [1.29, 1.82) is 0 Å². The molecule has 12 heavy (non-hydrogen) atoms. The Hall–Kier alpha value is -0.920. The van der Waals surface area contributed by atoms with Crippen LogP contribution in [0.2, 0.25) is 0 Å². The van der Waals surface area contributed by atoms with Crippen molar-refractivity contribution in [3.63, 3.8) is 0 Å². The molecule has 0 unspecified atom stereocenters. The molecule has 0 fully saturated rings. The van der Waals surface area contributed by atoms with E-state index in [4.69, 9.17) is 0 Å². The maximum absolute atomic E-state index is 9.92. The third kappa shape index (κ3) is 9.08. The highest BCUT2D eigenvalue weighted by Crippen LogP contribution is 1.99. The van der Waals surface area contributed by atoms with Crippen LogP contribution in [-0.2, 0) is 9.59 Å². The standard InChI is InChI=1S/C10H16O2/c11-9-7-5-3-1-2-4-6-8-10-12/h1,3,9-10H,2,4-8H2. The van der Waals surface area contributed by atoms with E-state index in [1.165, 1.54) is 0 Å². The van der Waals surface area contributed by atoms with E-state index < -0.39 is 0 Å². The fraction of sp³-hybridized carbons (Fsp3) is 0.600. The first kappa shape index (κ1) is 11.1. The minimum atomic E-state index is 0.616. The zero-order valence-corrected chi connectivity index (χ0v) is 7.37. The molecule has 0 aromatic carbocycles. The number of rotatable bonds is 8. The summed E-state index contributed by atoms with van der Waals surface area (Å²) >= 11 is 0. The highest BCUT2D eigenvalue weighted by Gasteiger charge is 1.84. The Kier molecular flexibility index (Phi) is 9.31.